The van der Waals surface area contributed by atoms with Crippen molar-refractivity contribution in [3.05, 3.63) is 54.6 Å². The molecule has 0 fully saturated rings. The van der Waals surface area contributed by atoms with Crippen molar-refractivity contribution in [2.45, 2.75) is 9.79 Å². The van der Waals surface area contributed by atoms with Gasteiger partial charge in [-0.1, -0.05) is 18.2 Å². The van der Waals surface area contributed by atoms with Gasteiger partial charge in [0.1, 0.15) is 25.9 Å². The van der Waals surface area contributed by atoms with Gasteiger partial charge >= 0.3 is 59.1 Å². The monoisotopic (exact) mass is 451 g/mol. The molecule has 0 unspecified atom stereocenters. The largest absolute Gasteiger partial charge is 1.00 e. The van der Waals surface area contributed by atoms with Gasteiger partial charge < -0.3 is 14.8 Å². The third kappa shape index (κ3) is 6.07. The van der Waals surface area contributed by atoms with Gasteiger partial charge in [-0.2, -0.15) is 0 Å². The average molecular weight is 451 g/mol. The van der Waals surface area contributed by atoms with E-state index in [9.17, 15) is 25.9 Å². The smallest absolute Gasteiger partial charge is 0.744 e. The Labute approximate surface area is 211 Å². The van der Waals surface area contributed by atoms with Crippen LogP contribution in [0.25, 0.3) is 10.8 Å². The normalized spacial score (nSPS) is 11.8. The molecule has 9 nitrogen and oxygen atoms in total. The number of fused-ring (bicyclic) bond motifs is 1. The fourth-order valence-electron chi connectivity index (χ4n) is 2.44. The molecule has 0 aliphatic rings. The van der Waals surface area contributed by atoms with Crippen LogP contribution in [0.3, 0.4) is 0 Å². The molecule has 0 aliphatic carbocycles. The van der Waals surface area contributed by atoms with E-state index in [0.29, 0.717) is 11.1 Å². The standard InChI is InChI=1S/C16H13N3O6S2.2Na/c17-13-7-8-14(12-9-10(26(20,21)22)5-6-11(12)13)18-19-15-3-1-2-4-16(15)27(23,24)25;;/h1-9H,17H2,(H,20,21,22)(H,23,24,25);;/q;2*+1/p-2. The molecule has 0 saturated heterocycles. The number of nitrogens with zero attached hydrogens (tertiary/aromatic N) is 2. The van der Waals surface area contributed by atoms with Crippen molar-refractivity contribution in [2.75, 3.05) is 5.73 Å². The molecule has 0 bridgehead atoms. The summed E-state index contributed by atoms with van der Waals surface area (Å²) in [5, 5.41) is 8.37. The average Bonchev–Trinajstić information content (AvgIpc) is 2.59. The van der Waals surface area contributed by atoms with Crippen LogP contribution in [0.15, 0.2) is 74.6 Å². The minimum atomic E-state index is -4.76. The van der Waals surface area contributed by atoms with Gasteiger partial charge in [0, 0.05) is 16.5 Å². The van der Waals surface area contributed by atoms with E-state index in [2.05, 4.69) is 10.2 Å². The molecule has 13 heteroatoms. The summed E-state index contributed by atoms with van der Waals surface area (Å²) in [6.07, 6.45) is 0. The van der Waals surface area contributed by atoms with Gasteiger partial charge in [-0.3, -0.25) is 0 Å². The first-order valence-electron chi connectivity index (χ1n) is 7.32. The number of hydrogen-bond acceptors (Lipinski definition) is 9. The molecule has 29 heavy (non-hydrogen) atoms. The fraction of sp³-hybridized carbons (Fsp3) is 0. The summed E-state index contributed by atoms with van der Waals surface area (Å²) < 4.78 is 67.7. The van der Waals surface area contributed by atoms with E-state index in [-0.39, 0.29) is 75.9 Å². The van der Waals surface area contributed by atoms with Gasteiger partial charge in [-0.05, 0) is 36.4 Å². The predicted octanol–water partition coefficient (Wildman–Crippen LogP) is -3.35. The first kappa shape index (κ1) is 26.2. The summed E-state index contributed by atoms with van der Waals surface area (Å²) in [4.78, 5) is -1.02. The topological polar surface area (TPSA) is 165 Å². The van der Waals surface area contributed by atoms with Crippen LogP contribution in [0.2, 0.25) is 0 Å². The third-order valence-corrected chi connectivity index (χ3v) is 5.40. The molecule has 3 rings (SSSR count). The van der Waals surface area contributed by atoms with E-state index in [1.807, 2.05) is 0 Å². The minimum absolute atomic E-state index is 0. The zero-order chi connectivity index (χ0) is 19.8. The SMILES string of the molecule is Nc1ccc(N=Nc2ccccc2S(=O)(=O)[O-])c2cc(S(=O)(=O)[O-])ccc12.[Na+].[Na+]. The quantitative estimate of drug-likeness (QED) is 0.187. The maximum Gasteiger partial charge on any atom is 1.00 e. The number of benzene rings is 3. The molecule has 3 aromatic carbocycles. The van der Waals surface area contributed by atoms with E-state index < -0.39 is 30.0 Å². The van der Waals surface area contributed by atoms with E-state index in [1.54, 1.807) is 0 Å². The molecular weight excluding hydrogens is 440 g/mol. The Morgan fingerprint density at radius 2 is 1.34 bits per heavy atom. The van der Waals surface area contributed by atoms with Gasteiger partial charge in [0.25, 0.3) is 0 Å². The van der Waals surface area contributed by atoms with Crippen LogP contribution in [0, 0.1) is 0 Å². The number of hydrogen-bond donors (Lipinski definition) is 1. The predicted molar refractivity (Wildman–Crippen MR) is 94.9 cm³/mol. The first-order chi connectivity index (χ1) is 12.6. The molecule has 3 aromatic rings. The van der Waals surface area contributed by atoms with Crippen LogP contribution >= 0.6 is 0 Å². The van der Waals surface area contributed by atoms with Crippen molar-refractivity contribution in [1.82, 2.24) is 0 Å². The van der Waals surface area contributed by atoms with Gasteiger partial charge in [-0.15, -0.1) is 10.2 Å². The van der Waals surface area contributed by atoms with Crippen molar-refractivity contribution in [3.8, 4) is 0 Å². The second kappa shape index (κ2) is 9.96. The first-order valence-corrected chi connectivity index (χ1v) is 10.1. The minimum Gasteiger partial charge on any atom is -0.744 e. The zero-order valence-electron chi connectivity index (χ0n) is 15.4. The van der Waals surface area contributed by atoms with Gasteiger partial charge in [0.05, 0.1) is 15.5 Å². The molecule has 0 atom stereocenters. The Morgan fingerprint density at radius 3 is 1.97 bits per heavy atom. The number of rotatable bonds is 4. The Kier molecular flexibility index (Phi) is 8.99. The Hall–Kier alpha value is -0.860. The molecule has 0 spiro atoms. The van der Waals surface area contributed by atoms with Gasteiger partial charge in [0.15, 0.2) is 0 Å². The van der Waals surface area contributed by atoms with Crippen LogP contribution < -0.4 is 64.8 Å². The summed E-state index contributed by atoms with van der Waals surface area (Å²) in [5.74, 6) is 0. The van der Waals surface area contributed by atoms with Crippen LogP contribution in [0.5, 0.6) is 0 Å². The van der Waals surface area contributed by atoms with Crippen LogP contribution in [0.1, 0.15) is 0 Å². The number of anilines is 1. The van der Waals surface area contributed by atoms with E-state index in [1.165, 1.54) is 36.4 Å². The van der Waals surface area contributed by atoms with Crippen molar-refractivity contribution >= 4 is 48.1 Å². The van der Waals surface area contributed by atoms with E-state index in [0.717, 1.165) is 18.2 Å². The molecular formula is C16H11N3Na2O6S2. The summed E-state index contributed by atoms with van der Waals surface area (Å²) in [6, 6.07) is 11.8. The van der Waals surface area contributed by atoms with Crippen LogP contribution in [0.4, 0.5) is 17.1 Å². The van der Waals surface area contributed by atoms with E-state index >= 15 is 0 Å². The molecule has 0 saturated carbocycles. The van der Waals surface area contributed by atoms with E-state index in [4.69, 9.17) is 5.73 Å². The fourth-order valence-corrected chi connectivity index (χ4v) is 3.54. The Bertz CT molecular complexity index is 1300. The second-order valence-electron chi connectivity index (χ2n) is 5.46. The van der Waals surface area contributed by atoms with Crippen molar-refractivity contribution in [1.29, 1.82) is 0 Å². The third-order valence-electron chi connectivity index (χ3n) is 3.69. The van der Waals surface area contributed by atoms with Crippen molar-refractivity contribution < 1.29 is 85.1 Å². The summed E-state index contributed by atoms with van der Waals surface area (Å²) in [7, 11) is -9.46. The molecule has 140 valence electrons. The Morgan fingerprint density at radius 1 is 0.724 bits per heavy atom. The molecule has 0 aromatic heterocycles. The van der Waals surface area contributed by atoms with Crippen molar-refractivity contribution in [2.24, 2.45) is 10.2 Å². The molecule has 2 N–H and O–H groups in total. The maximum absolute atomic E-state index is 11.3. The number of nitrogens with two attached hydrogens (primary N) is 1. The Balaban J connectivity index is 0.00000210. The van der Waals surface area contributed by atoms with Crippen LogP contribution in [-0.2, 0) is 20.2 Å². The molecule has 0 radical (unpaired) electrons. The zero-order valence-corrected chi connectivity index (χ0v) is 21.1. The van der Waals surface area contributed by atoms with Gasteiger partial charge in [-0.25, -0.2) is 16.8 Å². The number of azo groups is 1. The summed E-state index contributed by atoms with van der Waals surface area (Å²) in [5.41, 5.74) is 6.14. The second-order valence-corrected chi connectivity index (χ2v) is 8.19. The maximum atomic E-state index is 11.3. The van der Waals surface area contributed by atoms with Gasteiger partial charge in [0.2, 0.25) is 0 Å². The summed E-state index contributed by atoms with van der Waals surface area (Å²) in [6.45, 7) is 0. The molecule has 0 amide bonds. The summed E-state index contributed by atoms with van der Waals surface area (Å²) >= 11 is 0. The van der Waals surface area contributed by atoms with Crippen molar-refractivity contribution in [3.63, 3.8) is 0 Å². The number of nitrogen functional groups attached to an aromatic ring is 1. The molecule has 0 aliphatic heterocycles. The van der Waals surface area contributed by atoms with Crippen LogP contribution in [-0.4, -0.2) is 25.9 Å². The molecule has 0 heterocycles.